The third kappa shape index (κ3) is 3.67. The van der Waals surface area contributed by atoms with Crippen molar-refractivity contribution in [3.05, 3.63) is 41.7 Å². The van der Waals surface area contributed by atoms with Crippen LogP contribution in [0.1, 0.15) is 11.1 Å². The van der Waals surface area contributed by atoms with Crippen molar-refractivity contribution >= 4 is 11.6 Å². The molecule has 2 aromatic rings. The number of aliphatic hydroxyl groups excluding tert-OH is 1. The Bertz CT molecular complexity index is 654. The molecule has 6 heteroatoms. The van der Waals surface area contributed by atoms with Crippen molar-refractivity contribution in [1.29, 1.82) is 0 Å². The first-order valence-corrected chi connectivity index (χ1v) is 6.03. The molecule has 0 unspecified atom stereocenters. The average molecular weight is 270 g/mol. The van der Waals surface area contributed by atoms with Gasteiger partial charge < -0.3 is 10.4 Å². The van der Waals surface area contributed by atoms with Gasteiger partial charge in [0.05, 0.1) is 6.20 Å². The van der Waals surface area contributed by atoms with E-state index in [-0.39, 0.29) is 19.1 Å². The summed E-state index contributed by atoms with van der Waals surface area (Å²) < 4.78 is 1.45. The Morgan fingerprint density at radius 1 is 1.50 bits per heavy atom. The van der Waals surface area contributed by atoms with Gasteiger partial charge in [-0.05, 0) is 30.7 Å². The van der Waals surface area contributed by atoms with Gasteiger partial charge in [0.15, 0.2) is 0 Å². The van der Waals surface area contributed by atoms with E-state index in [1.807, 2.05) is 13.0 Å². The van der Waals surface area contributed by atoms with E-state index in [9.17, 15) is 4.79 Å². The number of aromatic nitrogens is 3. The lowest BCUT2D eigenvalue weighted by Crippen LogP contribution is -2.19. The number of nitrogens with zero attached hydrogens (tertiary/aromatic N) is 3. The number of amides is 1. The average Bonchev–Trinajstić information content (AvgIpc) is 2.92. The number of nitrogens with one attached hydrogen (secondary N) is 1. The second kappa shape index (κ2) is 6.50. The van der Waals surface area contributed by atoms with Crippen LogP contribution in [-0.2, 0) is 11.3 Å². The van der Waals surface area contributed by atoms with Crippen molar-refractivity contribution in [3.63, 3.8) is 0 Å². The quantitative estimate of drug-likeness (QED) is 0.799. The third-order valence-electron chi connectivity index (χ3n) is 2.59. The standard InChI is InChI=1S/C14H14N4O2/c1-11-9-12(3-2-8-19)4-5-13(11)16-14(20)10-18-7-6-15-17-18/h4-7,9,19H,8,10H2,1H3,(H,16,20). The summed E-state index contributed by atoms with van der Waals surface area (Å²) in [5, 5.41) is 18.8. The maximum Gasteiger partial charge on any atom is 0.246 e. The fourth-order valence-electron chi connectivity index (χ4n) is 1.68. The number of hydrogen-bond acceptors (Lipinski definition) is 4. The fraction of sp³-hybridized carbons (Fsp3) is 0.214. The van der Waals surface area contributed by atoms with E-state index in [1.165, 1.54) is 10.9 Å². The summed E-state index contributed by atoms with van der Waals surface area (Å²) in [6, 6.07) is 5.43. The molecular formula is C14H14N4O2. The first-order valence-electron chi connectivity index (χ1n) is 6.03. The lowest BCUT2D eigenvalue weighted by Gasteiger charge is -2.08. The summed E-state index contributed by atoms with van der Waals surface area (Å²) in [6.45, 7) is 1.83. The molecule has 6 nitrogen and oxygen atoms in total. The van der Waals surface area contributed by atoms with Gasteiger partial charge in [0, 0.05) is 17.4 Å². The number of carbonyl (C=O) groups is 1. The topological polar surface area (TPSA) is 80.0 Å². The lowest BCUT2D eigenvalue weighted by molar-refractivity contribution is -0.116. The molecule has 0 aliphatic heterocycles. The molecule has 0 spiro atoms. The second-order valence-electron chi connectivity index (χ2n) is 4.14. The van der Waals surface area contributed by atoms with Crippen LogP contribution in [0, 0.1) is 18.8 Å². The highest BCUT2D eigenvalue weighted by Gasteiger charge is 2.06. The van der Waals surface area contributed by atoms with Gasteiger partial charge in [0.1, 0.15) is 13.2 Å². The summed E-state index contributed by atoms with van der Waals surface area (Å²) >= 11 is 0. The van der Waals surface area contributed by atoms with Gasteiger partial charge in [-0.1, -0.05) is 17.1 Å². The zero-order chi connectivity index (χ0) is 14.4. The molecule has 0 bridgehead atoms. The van der Waals surface area contributed by atoms with Gasteiger partial charge in [0.25, 0.3) is 0 Å². The number of carbonyl (C=O) groups excluding carboxylic acids is 1. The van der Waals surface area contributed by atoms with Crippen LogP contribution in [0.5, 0.6) is 0 Å². The highest BCUT2D eigenvalue weighted by atomic mass is 16.2. The molecule has 102 valence electrons. The smallest absolute Gasteiger partial charge is 0.246 e. The Hall–Kier alpha value is -2.65. The molecule has 1 aromatic carbocycles. The van der Waals surface area contributed by atoms with Crippen LogP contribution in [0.3, 0.4) is 0 Å². The predicted octanol–water partition coefficient (Wildman–Crippen LogP) is 0.569. The monoisotopic (exact) mass is 270 g/mol. The van der Waals surface area contributed by atoms with Crippen LogP contribution < -0.4 is 5.32 Å². The van der Waals surface area contributed by atoms with E-state index >= 15 is 0 Å². The Balaban J connectivity index is 2.04. The summed E-state index contributed by atoms with van der Waals surface area (Å²) in [5.74, 6) is 5.23. The van der Waals surface area contributed by atoms with Crippen molar-refractivity contribution in [2.45, 2.75) is 13.5 Å². The van der Waals surface area contributed by atoms with Crippen LogP contribution in [0.2, 0.25) is 0 Å². The molecule has 20 heavy (non-hydrogen) atoms. The Labute approximate surface area is 116 Å². The van der Waals surface area contributed by atoms with Crippen molar-refractivity contribution in [3.8, 4) is 11.8 Å². The van der Waals surface area contributed by atoms with Gasteiger partial charge in [-0.2, -0.15) is 0 Å². The van der Waals surface area contributed by atoms with E-state index in [1.54, 1.807) is 18.3 Å². The first kappa shape index (κ1) is 13.8. The van der Waals surface area contributed by atoms with Gasteiger partial charge in [-0.25, -0.2) is 4.68 Å². The Morgan fingerprint density at radius 2 is 2.35 bits per heavy atom. The molecule has 0 atom stereocenters. The minimum Gasteiger partial charge on any atom is -0.384 e. The maximum atomic E-state index is 11.8. The maximum absolute atomic E-state index is 11.8. The van der Waals surface area contributed by atoms with Gasteiger partial charge in [-0.15, -0.1) is 5.10 Å². The SMILES string of the molecule is Cc1cc(C#CCO)ccc1NC(=O)Cn1ccnn1. The fourth-order valence-corrected chi connectivity index (χ4v) is 1.68. The van der Waals surface area contributed by atoms with E-state index in [0.717, 1.165) is 16.8 Å². The van der Waals surface area contributed by atoms with Crippen LogP contribution in [-0.4, -0.2) is 32.6 Å². The normalized spacial score (nSPS) is 9.70. The number of rotatable bonds is 3. The largest absolute Gasteiger partial charge is 0.384 e. The molecule has 0 aliphatic carbocycles. The molecule has 0 saturated heterocycles. The molecule has 0 radical (unpaired) electrons. The van der Waals surface area contributed by atoms with Crippen molar-refractivity contribution in [2.75, 3.05) is 11.9 Å². The van der Waals surface area contributed by atoms with Gasteiger partial charge in [0.2, 0.25) is 5.91 Å². The minimum absolute atomic E-state index is 0.117. The van der Waals surface area contributed by atoms with E-state index in [0.29, 0.717) is 0 Å². The molecule has 2 N–H and O–H groups in total. The highest BCUT2D eigenvalue weighted by Crippen LogP contribution is 2.16. The Kier molecular flexibility index (Phi) is 4.47. The van der Waals surface area contributed by atoms with E-state index < -0.39 is 0 Å². The van der Waals surface area contributed by atoms with Crippen molar-refractivity contribution < 1.29 is 9.90 Å². The van der Waals surface area contributed by atoms with Crippen LogP contribution in [0.25, 0.3) is 0 Å². The number of hydrogen-bond donors (Lipinski definition) is 2. The highest BCUT2D eigenvalue weighted by molar-refractivity contribution is 5.91. The molecule has 0 fully saturated rings. The zero-order valence-corrected chi connectivity index (χ0v) is 11.0. The summed E-state index contributed by atoms with van der Waals surface area (Å²) in [7, 11) is 0. The third-order valence-corrected chi connectivity index (χ3v) is 2.59. The van der Waals surface area contributed by atoms with Crippen molar-refractivity contribution in [1.82, 2.24) is 15.0 Å². The first-order chi connectivity index (χ1) is 9.69. The molecule has 0 aliphatic rings. The number of aliphatic hydroxyl groups is 1. The van der Waals surface area contributed by atoms with Crippen LogP contribution in [0.15, 0.2) is 30.6 Å². The summed E-state index contributed by atoms with van der Waals surface area (Å²) in [4.78, 5) is 11.8. The molecule has 1 amide bonds. The Morgan fingerprint density at radius 3 is 3.00 bits per heavy atom. The van der Waals surface area contributed by atoms with E-state index in [2.05, 4.69) is 27.5 Å². The predicted molar refractivity (Wildman–Crippen MR) is 73.8 cm³/mol. The van der Waals surface area contributed by atoms with Gasteiger partial charge in [-0.3, -0.25) is 4.79 Å². The molecular weight excluding hydrogens is 256 g/mol. The zero-order valence-electron chi connectivity index (χ0n) is 11.0. The molecule has 1 heterocycles. The second-order valence-corrected chi connectivity index (χ2v) is 4.14. The van der Waals surface area contributed by atoms with Crippen LogP contribution >= 0.6 is 0 Å². The number of aryl methyl sites for hydroxylation is 1. The van der Waals surface area contributed by atoms with E-state index in [4.69, 9.17) is 5.11 Å². The summed E-state index contributed by atoms with van der Waals surface area (Å²) in [5.41, 5.74) is 2.43. The number of anilines is 1. The van der Waals surface area contributed by atoms with Crippen LogP contribution in [0.4, 0.5) is 5.69 Å². The van der Waals surface area contributed by atoms with Crippen molar-refractivity contribution in [2.24, 2.45) is 0 Å². The summed E-state index contributed by atoms with van der Waals surface area (Å²) in [6.07, 6.45) is 3.15. The molecule has 1 aromatic heterocycles. The molecule has 2 rings (SSSR count). The number of benzene rings is 1. The van der Waals surface area contributed by atoms with Gasteiger partial charge >= 0.3 is 0 Å². The minimum atomic E-state index is -0.173. The molecule has 0 saturated carbocycles. The lowest BCUT2D eigenvalue weighted by atomic mass is 10.1.